The molecule has 0 bridgehead atoms. The summed E-state index contributed by atoms with van der Waals surface area (Å²) in [5, 5.41) is 13.3. The van der Waals surface area contributed by atoms with E-state index < -0.39 is 0 Å². The van der Waals surface area contributed by atoms with Gasteiger partial charge in [0.15, 0.2) is 5.76 Å². The molecule has 2 rings (SSSR count). The van der Waals surface area contributed by atoms with Crippen LogP contribution in [0.4, 0.5) is 0 Å². The Morgan fingerprint density at radius 1 is 1.47 bits per heavy atom. The highest BCUT2D eigenvalue weighted by Crippen LogP contribution is 2.09. The summed E-state index contributed by atoms with van der Waals surface area (Å²) in [6, 6.07) is 1.79. The number of hydrogen-bond acceptors (Lipinski definition) is 4. The molecule has 90 valence electrons. The zero-order chi connectivity index (χ0) is 12.4. The van der Waals surface area contributed by atoms with Gasteiger partial charge in [0.05, 0.1) is 23.5 Å². The van der Waals surface area contributed by atoms with Gasteiger partial charge in [0, 0.05) is 11.8 Å². The molecule has 2 N–H and O–H groups in total. The Hall–Kier alpha value is -2.11. The predicted molar refractivity (Wildman–Crippen MR) is 60.5 cm³/mol. The summed E-state index contributed by atoms with van der Waals surface area (Å²) in [5.41, 5.74) is 2.83. The minimum atomic E-state index is -0.164. The summed E-state index contributed by atoms with van der Waals surface area (Å²) < 4.78 is 5.00. The Labute approximate surface area is 98.4 Å². The van der Waals surface area contributed by atoms with Gasteiger partial charge in [-0.1, -0.05) is 5.16 Å². The number of aromatic nitrogens is 3. The third-order valence-electron chi connectivity index (χ3n) is 2.46. The highest BCUT2D eigenvalue weighted by atomic mass is 16.5. The predicted octanol–water partition coefficient (Wildman–Crippen LogP) is 1.25. The maximum Gasteiger partial charge on any atom is 0.255 e. The third-order valence-corrected chi connectivity index (χ3v) is 2.46. The van der Waals surface area contributed by atoms with E-state index in [4.69, 9.17) is 4.52 Å². The Bertz CT molecular complexity index is 522. The second kappa shape index (κ2) is 4.40. The highest BCUT2D eigenvalue weighted by Gasteiger charge is 2.15. The third kappa shape index (κ3) is 2.35. The van der Waals surface area contributed by atoms with Crippen LogP contribution in [-0.4, -0.2) is 21.3 Å². The van der Waals surface area contributed by atoms with Gasteiger partial charge >= 0.3 is 0 Å². The minimum absolute atomic E-state index is 0.164. The van der Waals surface area contributed by atoms with E-state index in [1.807, 2.05) is 13.8 Å². The number of H-pyrrole nitrogens is 1. The Balaban J connectivity index is 2.03. The van der Waals surface area contributed by atoms with Crippen LogP contribution in [0.2, 0.25) is 0 Å². The lowest BCUT2D eigenvalue weighted by molar-refractivity contribution is 0.0946. The summed E-state index contributed by atoms with van der Waals surface area (Å²) in [6.07, 6.45) is 0. The second-order valence-corrected chi connectivity index (χ2v) is 3.93. The van der Waals surface area contributed by atoms with Crippen molar-refractivity contribution in [2.24, 2.45) is 0 Å². The quantitative estimate of drug-likeness (QED) is 0.837. The number of nitrogens with zero attached hydrogens (tertiary/aromatic N) is 2. The van der Waals surface area contributed by atoms with Gasteiger partial charge < -0.3 is 9.84 Å². The lowest BCUT2D eigenvalue weighted by Crippen LogP contribution is -2.23. The van der Waals surface area contributed by atoms with Gasteiger partial charge in [-0.05, 0) is 20.8 Å². The van der Waals surface area contributed by atoms with Crippen LogP contribution in [0.1, 0.15) is 33.2 Å². The molecule has 2 aromatic heterocycles. The van der Waals surface area contributed by atoms with Crippen LogP contribution in [0.5, 0.6) is 0 Å². The molecular formula is C11H14N4O2. The van der Waals surface area contributed by atoms with E-state index >= 15 is 0 Å². The number of hydrogen-bond donors (Lipinski definition) is 2. The molecule has 2 heterocycles. The first-order valence-electron chi connectivity index (χ1n) is 5.30. The SMILES string of the molecule is Cc1cc(CNC(=O)c2c(C)n[nH]c2C)on1. The molecule has 17 heavy (non-hydrogen) atoms. The van der Waals surface area contributed by atoms with Crippen molar-refractivity contribution in [2.75, 3.05) is 0 Å². The van der Waals surface area contributed by atoms with Gasteiger partial charge in [0.25, 0.3) is 5.91 Å². The van der Waals surface area contributed by atoms with Crippen molar-refractivity contribution in [3.63, 3.8) is 0 Å². The molecule has 1 amide bonds. The van der Waals surface area contributed by atoms with E-state index in [0.717, 1.165) is 11.4 Å². The number of aromatic amines is 1. The van der Waals surface area contributed by atoms with Crippen molar-refractivity contribution in [2.45, 2.75) is 27.3 Å². The summed E-state index contributed by atoms with van der Waals surface area (Å²) in [7, 11) is 0. The largest absolute Gasteiger partial charge is 0.359 e. The zero-order valence-corrected chi connectivity index (χ0v) is 10.00. The number of rotatable bonds is 3. The van der Waals surface area contributed by atoms with E-state index in [1.54, 1.807) is 13.0 Å². The lowest BCUT2D eigenvalue weighted by Gasteiger charge is -2.02. The molecule has 0 aromatic carbocycles. The topological polar surface area (TPSA) is 83.8 Å². The smallest absolute Gasteiger partial charge is 0.255 e. The van der Waals surface area contributed by atoms with Gasteiger partial charge in [-0.15, -0.1) is 0 Å². The Morgan fingerprint density at radius 3 is 2.76 bits per heavy atom. The summed E-state index contributed by atoms with van der Waals surface area (Å²) in [6.45, 7) is 5.76. The summed E-state index contributed by atoms with van der Waals surface area (Å²) in [5.74, 6) is 0.470. The van der Waals surface area contributed by atoms with E-state index in [-0.39, 0.29) is 5.91 Å². The fraction of sp³-hybridized carbons (Fsp3) is 0.364. The maximum atomic E-state index is 11.9. The molecular weight excluding hydrogens is 220 g/mol. The van der Waals surface area contributed by atoms with Crippen molar-refractivity contribution in [1.82, 2.24) is 20.7 Å². The van der Waals surface area contributed by atoms with Crippen LogP contribution in [0.3, 0.4) is 0 Å². The van der Waals surface area contributed by atoms with Crippen LogP contribution in [0, 0.1) is 20.8 Å². The molecule has 0 aliphatic rings. The zero-order valence-electron chi connectivity index (χ0n) is 10.00. The molecule has 0 atom stereocenters. The van der Waals surface area contributed by atoms with Crippen molar-refractivity contribution in [1.29, 1.82) is 0 Å². The standard InChI is InChI=1S/C11H14N4O2/c1-6-4-9(17-15-6)5-12-11(16)10-7(2)13-14-8(10)3/h4H,5H2,1-3H3,(H,12,16)(H,13,14). The van der Waals surface area contributed by atoms with Gasteiger partial charge in [-0.3, -0.25) is 9.89 Å². The molecule has 0 fully saturated rings. The van der Waals surface area contributed by atoms with Gasteiger partial charge in [0.1, 0.15) is 0 Å². The van der Waals surface area contributed by atoms with E-state index in [1.165, 1.54) is 0 Å². The van der Waals surface area contributed by atoms with Crippen molar-refractivity contribution < 1.29 is 9.32 Å². The molecule has 6 nitrogen and oxygen atoms in total. The molecule has 6 heteroatoms. The van der Waals surface area contributed by atoms with Gasteiger partial charge in [-0.25, -0.2) is 0 Å². The monoisotopic (exact) mass is 234 g/mol. The van der Waals surface area contributed by atoms with Crippen molar-refractivity contribution >= 4 is 5.91 Å². The molecule has 0 aliphatic heterocycles. The molecule has 0 spiro atoms. The van der Waals surface area contributed by atoms with E-state index in [0.29, 0.717) is 23.6 Å². The highest BCUT2D eigenvalue weighted by molar-refractivity contribution is 5.96. The van der Waals surface area contributed by atoms with Gasteiger partial charge in [-0.2, -0.15) is 5.10 Å². The van der Waals surface area contributed by atoms with Crippen LogP contribution in [-0.2, 0) is 6.54 Å². The molecule has 2 aromatic rings. The Kier molecular flexibility index (Phi) is 2.95. The fourth-order valence-electron chi connectivity index (χ4n) is 1.64. The lowest BCUT2D eigenvalue weighted by atomic mass is 10.2. The fourth-order valence-corrected chi connectivity index (χ4v) is 1.64. The first kappa shape index (κ1) is 11.4. The van der Waals surface area contributed by atoms with E-state index in [2.05, 4.69) is 20.7 Å². The summed E-state index contributed by atoms with van der Waals surface area (Å²) in [4.78, 5) is 11.9. The average molecular weight is 234 g/mol. The normalized spacial score (nSPS) is 10.5. The van der Waals surface area contributed by atoms with Crippen LogP contribution < -0.4 is 5.32 Å². The molecule has 0 saturated carbocycles. The number of nitrogens with one attached hydrogen (secondary N) is 2. The van der Waals surface area contributed by atoms with Crippen molar-refractivity contribution in [3.8, 4) is 0 Å². The van der Waals surface area contributed by atoms with Crippen LogP contribution >= 0.6 is 0 Å². The second-order valence-electron chi connectivity index (χ2n) is 3.93. The van der Waals surface area contributed by atoms with Crippen LogP contribution in [0.25, 0.3) is 0 Å². The number of carbonyl (C=O) groups is 1. The first-order chi connectivity index (χ1) is 8.08. The minimum Gasteiger partial charge on any atom is -0.359 e. The van der Waals surface area contributed by atoms with Crippen molar-refractivity contribution in [3.05, 3.63) is 34.5 Å². The molecule has 0 aliphatic carbocycles. The first-order valence-corrected chi connectivity index (χ1v) is 5.30. The van der Waals surface area contributed by atoms with Gasteiger partial charge in [0.2, 0.25) is 0 Å². The maximum absolute atomic E-state index is 11.9. The number of amides is 1. The average Bonchev–Trinajstić information content (AvgIpc) is 2.83. The molecule has 0 saturated heterocycles. The number of carbonyl (C=O) groups excluding carboxylic acids is 1. The Morgan fingerprint density at radius 2 is 2.24 bits per heavy atom. The number of aryl methyl sites for hydroxylation is 3. The molecule has 0 unspecified atom stereocenters. The molecule has 0 radical (unpaired) electrons. The van der Waals surface area contributed by atoms with E-state index in [9.17, 15) is 4.79 Å². The summed E-state index contributed by atoms with van der Waals surface area (Å²) >= 11 is 0. The van der Waals surface area contributed by atoms with Crippen LogP contribution in [0.15, 0.2) is 10.6 Å².